The average Bonchev–Trinajstić information content (AvgIpc) is 2.60. The lowest BCUT2D eigenvalue weighted by molar-refractivity contribution is 0.390. The van der Waals surface area contributed by atoms with Crippen molar-refractivity contribution in [1.82, 2.24) is 4.31 Å². The molecule has 1 aliphatic rings. The summed E-state index contributed by atoms with van der Waals surface area (Å²) in [5.74, 6) is 0.221. The molecule has 122 valence electrons. The molecule has 0 spiro atoms. The van der Waals surface area contributed by atoms with E-state index in [0.29, 0.717) is 24.4 Å². The van der Waals surface area contributed by atoms with Crippen LogP contribution in [0.15, 0.2) is 65.6 Å². The van der Waals surface area contributed by atoms with Gasteiger partial charge in [-0.1, -0.05) is 42.5 Å². The maximum Gasteiger partial charge on any atom is 0.244 e. The first-order valence-corrected chi connectivity index (χ1v) is 9.28. The summed E-state index contributed by atoms with van der Waals surface area (Å²) in [5, 5.41) is 11.2. The van der Waals surface area contributed by atoms with Gasteiger partial charge in [-0.25, -0.2) is 8.42 Å². The predicted molar refractivity (Wildman–Crippen MR) is 93.4 cm³/mol. The van der Waals surface area contributed by atoms with E-state index in [0.717, 1.165) is 21.9 Å². The van der Waals surface area contributed by atoms with Gasteiger partial charge in [0.05, 0.1) is 4.90 Å². The Labute approximate surface area is 141 Å². The van der Waals surface area contributed by atoms with Crippen molar-refractivity contribution in [2.24, 2.45) is 0 Å². The zero-order chi connectivity index (χ0) is 16.7. The second-order valence-corrected chi connectivity index (χ2v) is 7.93. The fourth-order valence-corrected chi connectivity index (χ4v) is 4.91. The minimum Gasteiger partial charge on any atom is -0.508 e. The fourth-order valence-electron chi connectivity index (χ4n) is 3.28. The molecule has 0 fully saturated rings. The van der Waals surface area contributed by atoms with Crippen LogP contribution in [-0.2, 0) is 23.0 Å². The van der Waals surface area contributed by atoms with E-state index in [-0.39, 0.29) is 5.75 Å². The average molecular weight is 339 g/mol. The van der Waals surface area contributed by atoms with E-state index < -0.39 is 10.0 Å². The van der Waals surface area contributed by atoms with Crippen LogP contribution in [0.25, 0.3) is 10.8 Å². The van der Waals surface area contributed by atoms with Gasteiger partial charge in [-0.2, -0.15) is 4.31 Å². The van der Waals surface area contributed by atoms with Crippen molar-refractivity contribution in [2.75, 3.05) is 6.54 Å². The van der Waals surface area contributed by atoms with E-state index in [1.54, 1.807) is 30.3 Å². The number of phenolic OH excluding ortho intramolecular Hbond substituents is 1. The normalized spacial score (nSPS) is 15.3. The Balaban J connectivity index is 1.77. The van der Waals surface area contributed by atoms with Gasteiger partial charge in [-0.15, -0.1) is 0 Å². The molecule has 0 atom stereocenters. The van der Waals surface area contributed by atoms with Crippen molar-refractivity contribution in [1.29, 1.82) is 0 Å². The van der Waals surface area contributed by atoms with Gasteiger partial charge >= 0.3 is 0 Å². The Morgan fingerprint density at radius 1 is 0.917 bits per heavy atom. The molecular formula is C19H17NO3S. The van der Waals surface area contributed by atoms with E-state index >= 15 is 0 Å². The second-order valence-electron chi connectivity index (χ2n) is 6.02. The summed E-state index contributed by atoms with van der Waals surface area (Å²) in [4.78, 5) is 0.350. The lowest BCUT2D eigenvalue weighted by Crippen LogP contribution is -2.36. The van der Waals surface area contributed by atoms with Crippen molar-refractivity contribution in [2.45, 2.75) is 17.9 Å². The molecule has 0 unspecified atom stereocenters. The van der Waals surface area contributed by atoms with Crippen LogP contribution in [0.1, 0.15) is 11.1 Å². The summed E-state index contributed by atoms with van der Waals surface area (Å²) < 4.78 is 27.8. The van der Waals surface area contributed by atoms with Crippen molar-refractivity contribution in [3.63, 3.8) is 0 Å². The Bertz CT molecular complexity index is 1020. The maximum absolute atomic E-state index is 13.2. The molecule has 0 bridgehead atoms. The van der Waals surface area contributed by atoms with E-state index in [1.807, 2.05) is 30.3 Å². The number of fused-ring (bicyclic) bond motifs is 2. The summed E-state index contributed by atoms with van der Waals surface area (Å²) in [5.41, 5.74) is 1.96. The van der Waals surface area contributed by atoms with Crippen molar-refractivity contribution in [3.05, 3.63) is 71.8 Å². The highest BCUT2D eigenvalue weighted by Gasteiger charge is 2.29. The van der Waals surface area contributed by atoms with Gasteiger partial charge in [0.25, 0.3) is 0 Å². The molecule has 1 heterocycles. The minimum atomic E-state index is -3.57. The number of hydrogen-bond donors (Lipinski definition) is 1. The lowest BCUT2D eigenvalue weighted by atomic mass is 10.0. The molecule has 0 saturated carbocycles. The standard InChI is InChI=1S/C19H17NO3S/c21-17-9-8-16-13-20(11-10-15(16)12-17)24(22,23)19-7-3-5-14-4-1-2-6-18(14)19/h1-9,12,21H,10-11,13H2. The number of rotatable bonds is 2. The number of benzene rings is 3. The third-order valence-electron chi connectivity index (χ3n) is 4.53. The van der Waals surface area contributed by atoms with Crippen LogP contribution < -0.4 is 0 Å². The molecule has 1 N–H and O–H groups in total. The Morgan fingerprint density at radius 2 is 1.71 bits per heavy atom. The molecule has 4 nitrogen and oxygen atoms in total. The molecule has 3 aromatic carbocycles. The first-order chi connectivity index (χ1) is 11.6. The highest BCUT2D eigenvalue weighted by atomic mass is 32.2. The third-order valence-corrected chi connectivity index (χ3v) is 6.44. The van der Waals surface area contributed by atoms with Gasteiger partial charge in [-0.05, 0) is 41.1 Å². The van der Waals surface area contributed by atoms with Crippen molar-refractivity contribution >= 4 is 20.8 Å². The molecular weight excluding hydrogens is 322 g/mol. The molecule has 5 heteroatoms. The van der Waals surface area contributed by atoms with Crippen LogP contribution in [0.5, 0.6) is 5.75 Å². The van der Waals surface area contributed by atoms with Crippen LogP contribution in [0.4, 0.5) is 0 Å². The predicted octanol–water partition coefficient (Wildman–Crippen LogP) is 3.29. The Hall–Kier alpha value is -2.37. The fraction of sp³-hybridized carbons (Fsp3) is 0.158. The minimum absolute atomic E-state index is 0.221. The molecule has 0 amide bonds. The lowest BCUT2D eigenvalue weighted by Gasteiger charge is -2.28. The molecule has 0 radical (unpaired) electrons. The van der Waals surface area contributed by atoms with Crippen molar-refractivity contribution < 1.29 is 13.5 Å². The summed E-state index contributed by atoms with van der Waals surface area (Å²) in [6.45, 7) is 0.753. The van der Waals surface area contributed by atoms with Gasteiger partial charge in [0.15, 0.2) is 0 Å². The first kappa shape index (κ1) is 15.2. The van der Waals surface area contributed by atoms with Gasteiger partial charge in [0.2, 0.25) is 10.0 Å². The quantitative estimate of drug-likeness (QED) is 0.779. The molecule has 0 aliphatic carbocycles. The van der Waals surface area contributed by atoms with Crippen LogP contribution in [0.3, 0.4) is 0 Å². The summed E-state index contributed by atoms with van der Waals surface area (Å²) in [6, 6.07) is 18.0. The highest BCUT2D eigenvalue weighted by molar-refractivity contribution is 7.89. The Kier molecular flexibility index (Phi) is 3.55. The van der Waals surface area contributed by atoms with E-state index in [4.69, 9.17) is 0 Å². The van der Waals surface area contributed by atoms with Gasteiger partial charge < -0.3 is 5.11 Å². The number of phenols is 1. The van der Waals surface area contributed by atoms with Crippen molar-refractivity contribution in [3.8, 4) is 5.75 Å². The summed E-state index contributed by atoms with van der Waals surface area (Å²) >= 11 is 0. The SMILES string of the molecule is O=S(=O)(c1cccc2ccccc12)N1CCc2cc(O)ccc2C1. The van der Waals surface area contributed by atoms with Crippen LogP contribution in [0, 0.1) is 0 Å². The highest BCUT2D eigenvalue weighted by Crippen LogP contribution is 2.30. The number of aromatic hydroxyl groups is 1. The molecule has 1 aliphatic heterocycles. The number of sulfonamides is 1. The van der Waals surface area contributed by atoms with Crippen LogP contribution in [-0.4, -0.2) is 24.4 Å². The molecule has 4 rings (SSSR count). The van der Waals surface area contributed by atoms with E-state index in [9.17, 15) is 13.5 Å². The summed E-state index contributed by atoms with van der Waals surface area (Å²) in [7, 11) is -3.57. The topological polar surface area (TPSA) is 57.6 Å². The van der Waals surface area contributed by atoms with Gasteiger partial charge in [0, 0.05) is 18.5 Å². The van der Waals surface area contributed by atoms with E-state index in [2.05, 4.69) is 0 Å². The van der Waals surface area contributed by atoms with Crippen LogP contribution in [0.2, 0.25) is 0 Å². The van der Waals surface area contributed by atoms with Crippen LogP contribution >= 0.6 is 0 Å². The third kappa shape index (κ3) is 2.46. The molecule has 3 aromatic rings. The largest absolute Gasteiger partial charge is 0.508 e. The zero-order valence-corrected chi connectivity index (χ0v) is 13.8. The molecule has 0 aromatic heterocycles. The smallest absolute Gasteiger partial charge is 0.244 e. The zero-order valence-electron chi connectivity index (χ0n) is 13.0. The number of hydrogen-bond acceptors (Lipinski definition) is 3. The van der Waals surface area contributed by atoms with Gasteiger partial charge in [0.1, 0.15) is 5.75 Å². The molecule has 24 heavy (non-hydrogen) atoms. The monoisotopic (exact) mass is 339 g/mol. The number of nitrogens with zero attached hydrogens (tertiary/aromatic N) is 1. The Morgan fingerprint density at radius 3 is 2.58 bits per heavy atom. The first-order valence-electron chi connectivity index (χ1n) is 7.84. The van der Waals surface area contributed by atoms with Gasteiger partial charge in [-0.3, -0.25) is 0 Å². The maximum atomic E-state index is 13.2. The molecule has 0 saturated heterocycles. The second kappa shape index (κ2) is 5.61. The van der Waals surface area contributed by atoms with E-state index in [1.165, 1.54) is 4.31 Å². The summed E-state index contributed by atoms with van der Waals surface area (Å²) in [6.07, 6.45) is 0.605.